The van der Waals surface area contributed by atoms with E-state index in [2.05, 4.69) is 4.98 Å². The van der Waals surface area contributed by atoms with Gasteiger partial charge in [0.2, 0.25) is 5.91 Å². The lowest BCUT2D eigenvalue weighted by Crippen LogP contribution is -2.36. The number of carboxylic acids is 1. The van der Waals surface area contributed by atoms with Crippen molar-refractivity contribution in [1.82, 2.24) is 9.88 Å². The van der Waals surface area contributed by atoms with Gasteiger partial charge in [-0.1, -0.05) is 6.07 Å². The maximum Gasteiger partial charge on any atom is 0.303 e. The summed E-state index contributed by atoms with van der Waals surface area (Å²) < 4.78 is 0. The number of rotatable bonds is 7. The summed E-state index contributed by atoms with van der Waals surface area (Å²) in [5.41, 5.74) is 0.975. The monoisotopic (exact) mass is 264 g/mol. The van der Waals surface area contributed by atoms with Crippen LogP contribution in [-0.4, -0.2) is 32.9 Å². The number of nitrogens with zero attached hydrogens (tertiary/aromatic N) is 2. The van der Waals surface area contributed by atoms with Gasteiger partial charge in [0.15, 0.2) is 0 Å². The van der Waals surface area contributed by atoms with Crippen LogP contribution in [0.15, 0.2) is 24.5 Å². The highest BCUT2D eigenvalue weighted by atomic mass is 16.4. The van der Waals surface area contributed by atoms with Crippen LogP contribution in [0, 0.1) is 0 Å². The molecule has 0 atom stereocenters. The predicted octanol–water partition coefficient (Wildman–Crippen LogP) is 2.07. The summed E-state index contributed by atoms with van der Waals surface area (Å²) >= 11 is 0. The Morgan fingerprint density at radius 2 is 2.11 bits per heavy atom. The summed E-state index contributed by atoms with van der Waals surface area (Å²) in [6.45, 7) is 4.41. The zero-order chi connectivity index (χ0) is 14.3. The average Bonchev–Trinajstić information content (AvgIpc) is 2.36. The lowest BCUT2D eigenvalue weighted by molar-refractivity contribution is -0.137. The van der Waals surface area contributed by atoms with Crippen LogP contribution >= 0.6 is 0 Å². The lowest BCUT2D eigenvalue weighted by Gasteiger charge is -2.26. The zero-order valence-corrected chi connectivity index (χ0v) is 11.4. The normalized spacial score (nSPS) is 10.5. The second kappa shape index (κ2) is 7.51. The molecule has 0 fully saturated rings. The van der Waals surface area contributed by atoms with Gasteiger partial charge >= 0.3 is 5.97 Å². The highest BCUT2D eigenvalue weighted by Crippen LogP contribution is 2.10. The molecule has 0 saturated heterocycles. The number of carbonyl (C=O) groups excluding carboxylic acids is 1. The summed E-state index contributed by atoms with van der Waals surface area (Å²) in [6.07, 6.45) is 4.11. The quantitative estimate of drug-likeness (QED) is 0.818. The molecule has 104 valence electrons. The van der Waals surface area contributed by atoms with Crippen molar-refractivity contribution < 1.29 is 14.7 Å². The molecule has 0 aliphatic heterocycles. The maximum absolute atomic E-state index is 12.1. The fourth-order valence-corrected chi connectivity index (χ4v) is 1.78. The molecule has 5 nitrogen and oxygen atoms in total. The Balaban J connectivity index is 2.57. The van der Waals surface area contributed by atoms with E-state index in [-0.39, 0.29) is 24.8 Å². The first-order valence-corrected chi connectivity index (χ1v) is 6.41. The Morgan fingerprint density at radius 1 is 1.37 bits per heavy atom. The molecule has 1 rings (SSSR count). The van der Waals surface area contributed by atoms with Crippen molar-refractivity contribution in [1.29, 1.82) is 0 Å². The van der Waals surface area contributed by atoms with Crippen LogP contribution in [0.1, 0.15) is 38.7 Å². The number of hydrogen-bond acceptors (Lipinski definition) is 3. The molecule has 1 aromatic heterocycles. The molecule has 1 heterocycles. The molecule has 1 aromatic rings. The Morgan fingerprint density at radius 3 is 2.63 bits per heavy atom. The minimum absolute atomic E-state index is 0.0138. The minimum Gasteiger partial charge on any atom is -0.481 e. The standard InChI is InChI=1S/C14H20N2O3/c1-11(2)16(10-12-5-4-8-15-9-12)13(17)6-3-7-14(18)19/h4-5,8-9,11H,3,6-7,10H2,1-2H3,(H,18,19). The van der Waals surface area contributed by atoms with Gasteiger partial charge in [0, 0.05) is 37.8 Å². The largest absolute Gasteiger partial charge is 0.481 e. The Labute approximate surface area is 113 Å². The fraction of sp³-hybridized carbons (Fsp3) is 0.500. The van der Waals surface area contributed by atoms with Crippen LogP contribution in [0.3, 0.4) is 0 Å². The van der Waals surface area contributed by atoms with Crippen LogP contribution in [0.2, 0.25) is 0 Å². The van der Waals surface area contributed by atoms with Crippen molar-refractivity contribution in [3.63, 3.8) is 0 Å². The van der Waals surface area contributed by atoms with Crippen LogP contribution in [-0.2, 0) is 16.1 Å². The third-order valence-electron chi connectivity index (χ3n) is 2.80. The number of hydrogen-bond donors (Lipinski definition) is 1. The molecular weight excluding hydrogens is 244 g/mol. The summed E-state index contributed by atoms with van der Waals surface area (Å²) in [5.74, 6) is -0.878. The first-order chi connectivity index (χ1) is 9.00. The Bertz CT molecular complexity index is 418. The zero-order valence-electron chi connectivity index (χ0n) is 11.4. The molecular formula is C14H20N2O3. The van der Waals surface area contributed by atoms with E-state index in [0.717, 1.165) is 5.56 Å². The van der Waals surface area contributed by atoms with Crippen molar-refractivity contribution in [2.24, 2.45) is 0 Å². The first-order valence-electron chi connectivity index (χ1n) is 6.41. The smallest absolute Gasteiger partial charge is 0.303 e. The van der Waals surface area contributed by atoms with Crippen molar-refractivity contribution in [3.05, 3.63) is 30.1 Å². The van der Waals surface area contributed by atoms with E-state index < -0.39 is 5.97 Å². The summed E-state index contributed by atoms with van der Waals surface area (Å²) in [6, 6.07) is 3.84. The molecule has 0 radical (unpaired) electrons. The van der Waals surface area contributed by atoms with Gasteiger partial charge in [-0.3, -0.25) is 14.6 Å². The van der Waals surface area contributed by atoms with Gasteiger partial charge < -0.3 is 10.0 Å². The molecule has 19 heavy (non-hydrogen) atoms. The number of pyridine rings is 1. The van der Waals surface area contributed by atoms with Crippen LogP contribution in [0.5, 0.6) is 0 Å². The third-order valence-corrected chi connectivity index (χ3v) is 2.80. The minimum atomic E-state index is -0.865. The number of aliphatic carboxylic acids is 1. The SMILES string of the molecule is CC(C)N(Cc1cccnc1)C(=O)CCCC(=O)O. The lowest BCUT2D eigenvalue weighted by atomic mass is 10.1. The molecule has 0 bridgehead atoms. The summed E-state index contributed by atoms with van der Waals surface area (Å²) in [5, 5.41) is 8.58. The van der Waals surface area contributed by atoms with Gasteiger partial charge in [-0.2, -0.15) is 0 Å². The van der Waals surface area contributed by atoms with Gasteiger partial charge in [0.1, 0.15) is 0 Å². The summed E-state index contributed by atoms with van der Waals surface area (Å²) in [7, 11) is 0. The van der Waals surface area contributed by atoms with Crippen LogP contribution in [0.25, 0.3) is 0 Å². The van der Waals surface area contributed by atoms with Crippen molar-refractivity contribution in [2.45, 2.75) is 45.7 Å². The van der Waals surface area contributed by atoms with Gasteiger partial charge in [-0.25, -0.2) is 0 Å². The highest BCUT2D eigenvalue weighted by molar-refractivity contribution is 5.77. The van der Waals surface area contributed by atoms with E-state index in [4.69, 9.17) is 5.11 Å². The number of aromatic nitrogens is 1. The van der Waals surface area contributed by atoms with Crippen molar-refractivity contribution in [2.75, 3.05) is 0 Å². The van der Waals surface area contributed by atoms with Gasteiger partial charge in [0.25, 0.3) is 0 Å². The maximum atomic E-state index is 12.1. The molecule has 0 aliphatic rings. The fourth-order valence-electron chi connectivity index (χ4n) is 1.78. The molecule has 5 heteroatoms. The first kappa shape index (κ1) is 15.1. The molecule has 0 saturated carbocycles. The van der Waals surface area contributed by atoms with E-state index in [9.17, 15) is 9.59 Å². The molecule has 0 aromatic carbocycles. The second-order valence-corrected chi connectivity index (χ2v) is 4.72. The van der Waals surface area contributed by atoms with E-state index >= 15 is 0 Å². The highest BCUT2D eigenvalue weighted by Gasteiger charge is 2.17. The number of carboxylic acid groups (broad SMARTS) is 1. The number of carbonyl (C=O) groups is 2. The average molecular weight is 264 g/mol. The Hall–Kier alpha value is -1.91. The van der Waals surface area contributed by atoms with Crippen LogP contribution in [0.4, 0.5) is 0 Å². The molecule has 0 aliphatic carbocycles. The summed E-state index contributed by atoms with van der Waals surface area (Å²) in [4.78, 5) is 28.3. The van der Waals surface area contributed by atoms with Gasteiger partial charge in [0.05, 0.1) is 0 Å². The Kier molecular flexibility index (Phi) is 5.99. The number of amides is 1. The van der Waals surface area contributed by atoms with Crippen LogP contribution < -0.4 is 0 Å². The molecule has 0 unspecified atom stereocenters. The topological polar surface area (TPSA) is 70.5 Å². The van der Waals surface area contributed by atoms with Gasteiger partial charge in [-0.05, 0) is 31.9 Å². The van der Waals surface area contributed by atoms with E-state index in [1.165, 1.54) is 0 Å². The van der Waals surface area contributed by atoms with E-state index in [1.807, 2.05) is 26.0 Å². The second-order valence-electron chi connectivity index (χ2n) is 4.72. The predicted molar refractivity (Wildman–Crippen MR) is 71.4 cm³/mol. The van der Waals surface area contributed by atoms with Crippen molar-refractivity contribution >= 4 is 11.9 Å². The van der Waals surface area contributed by atoms with Gasteiger partial charge in [-0.15, -0.1) is 0 Å². The molecule has 0 spiro atoms. The van der Waals surface area contributed by atoms with E-state index in [0.29, 0.717) is 13.0 Å². The third kappa shape index (κ3) is 5.50. The molecule has 1 amide bonds. The van der Waals surface area contributed by atoms with Crippen molar-refractivity contribution in [3.8, 4) is 0 Å². The van der Waals surface area contributed by atoms with E-state index in [1.54, 1.807) is 17.3 Å². The molecule has 1 N–H and O–H groups in total.